The van der Waals surface area contributed by atoms with Crippen LogP contribution in [-0.4, -0.2) is 28.7 Å². The van der Waals surface area contributed by atoms with Gasteiger partial charge in [-0.25, -0.2) is 0 Å². The van der Waals surface area contributed by atoms with Gasteiger partial charge in [0.2, 0.25) is 17.7 Å². The van der Waals surface area contributed by atoms with Crippen molar-refractivity contribution in [2.75, 3.05) is 5.32 Å². The molecule has 5 nitrogen and oxygen atoms in total. The largest absolute Gasteiger partial charge is 0.325 e. The van der Waals surface area contributed by atoms with E-state index in [4.69, 9.17) is 23.2 Å². The summed E-state index contributed by atoms with van der Waals surface area (Å²) >= 11 is 12.1. The zero-order valence-corrected chi connectivity index (χ0v) is 17.6. The number of carbonyl (C=O) groups excluding carboxylic acids is 3. The SMILES string of the molecule is O=C(Nc1ccc(Cl)cc1Cl)C1CCC(N2C(=O)[C@@H]3[C@@H]4CC[C@@H](C4)[C@@H]3C2=O)CC1. The van der Waals surface area contributed by atoms with Crippen molar-refractivity contribution in [1.82, 2.24) is 4.90 Å². The topological polar surface area (TPSA) is 66.5 Å². The van der Waals surface area contributed by atoms with Crippen LogP contribution in [0.4, 0.5) is 5.69 Å². The molecule has 3 amide bonds. The zero-order valence-electron chi connectivity index (χ0n) is 16.1. The Morgan fingerprint density at radius 1 is 0.931 bits per heavy atom. The molecule has 1 N–H and O–H groups in total. The number of nitrogens with zero attached hydrogens (tertiary/aromatic N) is 1. The van der Waals surface area contributed by atoms with Crippen LogP contribution >= 0.6 is 23.2 Å². The van der Waals surface area contributed by atoms with Crippen LogP contribution in [-0.2, 0) is 14.4 Å². The van der Waals surface area contributed by atoms with Gasteiger partial charge in [0.25, 0.3) is 0 Å². The number of anilines is 1. The highest BCUT2D eigenvalue weighted by molar-refractivity contribution is 6.36. The van der Waals surface area contributed by atoms with Gasteiger partial charge in [-0.3, -0.25) is 19.3 Å². The highest BCUT2D eigenvalue weighted by Gasteiger charge is 2.61. The van der Waals surface area contributed by atoms with Crippen LogP contribution in [0.5, 0.6) is 0 Å². The zero-order chi connectivity index (χ0) is 20.3. The maximum absolute atomic E-state index is 13.0. The molecule has 154 valence electrons. The van der Waals surface area contributed by atoms with Gasteiger partial charge in [0.1, 0.15) is 0 Å². The van der Waals surface area contributed by atoms with Crippen LogP contribution in [0, 0.1) is 29.6 Å². The average molecular weight is 435 g/mol. The van der Waals surface area contributed by atoms with Crippen LogP contribution < -0.4 is 5.32 Å². The van der Waals surface area contributed by atoms with E-state index in [1.165, 1.54) is 0 Å². The Kier molecular flexibility index (Phi) is 4.86. The highest BCUT2D eigenvalue weighted by Crippen LogP contribution is 2.56. The number of likely N-dealkylation sites (tertiary alicyclic amines) is 1. The molecule has 4 aliphatic rings. The molecule has 1 aromatic carbocycles. The molecule has 4 fully saturated rings. The summed E-state index contributed by atoms with van der Waals surface area (Å²) in [6.45, 7) is 0. The minimum absolute atomic E-state index is 0.0526. The molecule has 1 heterocycles. The summed E-state index contributed by atoms with van der Waals surface area (Å²) in [7, 11) is 0. The van der Waals surface area contributed by atoms with Gasteiger partial charge in [0, 0.05) is 17.0 Å². The second-order valence-electron chi connectivity index (χ2n) is 9.05. The van der Waals surface area contributed by atoms with Crippen molar-refractivity contribution >= 4 is 46.6 Å². The summed E-state index contributed by atoms with van der Waals surface area (Å²) in [6.07, 6.45) is 5.97. The fraction of sp³-hybridized carbons (Fsp3) is 0.591. The molecule has 0 aromatic heterocycles. The number of rotatable bonds is 3. The number of fused-ring (bicyclic) bond motifs is 5. The minimum Gasteiger partial charge on any atom is -0.325 e. The van der Waals surface area contributed by atoms with Gasteiger partial charge in [-0.05, 0) is 75.0 Å². The smallest absolute Gasteiger partial charge is 0.233 e. The number of imide groups is 1. The molecule has 1 saturated heterocycles. The van der Waals surface area contributed by atoms with Gasteiger partial charge in [-0.15, -0.1) is 0 Å². The summed E-state index contributed by atoms with van der Waals surface area (Å²) in [5, 5.41) is 3.82. The highest BCUT2D eigenvalue weighted by atomic mass is 35.5. The number of hydrogen-bond acceptors (Lipinski definition) is 3. The second-order valence-corrected chi connectivity index (χ2v) is 9.89. The predicted molar refractivity (Wildman–Crippen MR) is 111 cm³/mol. The van der Waals surface area contributed by atoms with E-state index in [2.05, 4.69) is 5.32 Å². The van der Waals surface area contributed by atoms with Crippen LogP contribution in [0.2, 0.25) is 10.0 Å². The Bertz CT molecular complexity index is 853. The minimum atomic E-state index is -0.138. The van der Waals surface area contributed by atoms with E-state index in [-0.39, 0.29) is 41.5 Å². The van der Waals surface area contributed by atoms with Crippen molar-refractivity contribution in [1.29, 1.82) is 0 Å². The van der Waals surface area contributed by atoms with Crippen LogP contribution in [0.3, 0.4) is 0 Å². The molecule has 1 aliphatic heterocycles. The quantitative estimate of drug-likeness (QED) is 0.710. The molecule has 7 heteroatoms. The van der Waals surface area contributed by atoms with Gasteiger partial charge in [0.05, 0.1) is 22.5 Å². The number of hydrogen-bond donors (Lipinski definition) is 1. The van der Waals surface area contributed by atoms with E-state index in [0.717, 1.165) is 19.3 Å². The lowest BCUT2D eigenvalue weighted by Gasteiger charge is -2.33. The first kappa shape index (κ1) is 19.4. The van der Waals surface area contributed by atoms with Crippen molar-refractivity contribution in [3.05, 3.63) is 28.2 Å². The van der Waals surface area contributed by atoms with Crippen molar-refractivity contribution in [2.45, 2.75) is 51.0 Å². The Balaban J connectivity index is 1.21. The standard InChI is InChI=1S/C22H24Cl2N2O3/c23-14-5-8-17(16(24)10-14)25-20(27)11-3-6-15(7-4-11)26-21(28)18-12-1-2-13(9-12)19(18)22(26)29/h5,8,10-13,15,18-19H,1-4,6-7,9H2,(H,25,27)/t11?,12-,13+,15?,18-,19+. The molecule has 3 saturated carbocycles. The third-order valence-corrected chi connectivity index (χ3v) is 8.13. The summed E-state index contributed by atoms with van der Waals surface area (Å²) in [6, 6.07) is 4.94. The first-order valence-electron chi connectivity index (χ1n) is 10.6. The summed E-state index contributed by atoms with van der Waals surface area (Å²) in [5.41, 5.74) is 0.552. The third kappa shape index (κ3) is 3.17. The fourth-order valence-corrected chi connectivity index (χ4v) is 6.67. The van der Waals surface area contributed by atoms with Crippen molar-refractivity contribution in [3.63, 3.8) is 0 Å². The molecule has 29 heavy (non-hydrogen) atoms. The Morgan fingerprint density at radius 3 is 2.14 bits per heavy atom. The van der Waals surface area contributed by atoms with E-state index in [1.54, 1.807) is 23.1 Å². The number of amides is 3. The lowest BCUT2D eigenvalue weighted by molar-refractivity contribution is -0.144. The summed E-state index contributed by atoms with van der Waals surface area (Å²) < 4.78 is 0. The van der Waals surface area contributed by atoms with E-state index >= 15 is 0 Å². The van der Waals surface area contributed by atoms with Crippen LogP contribution in [0.25, 0.3) is 0 Å². The van der Waals surface area contributed by atoms with E-state index in [0.29, 0.717) is 53.3 Å². The maximum atomic E-state index is 13.0. The first-order chi connectivity index (χ1) is 13.9. The molecule has 0 unspecified atom stereocenters. The van der Waals surface area contributed by atoms with Gasteiger partial charge in [-0.2, -0.15) is 0 Å². The number of carbonyl (C=O) groups is 3. The second kappa shape index (κ2) is 7.28. The van der Waals surface area contributed by atoms with Crippen molar-refractivity contribution < 1.29 is 14.4 Å². The van der Waals surface area contributed by atoms with Crippen molar-refractivity contribution in [2.24, 2.45) is 29.6 Å². The number of nitrogens with one attached hydrogen (secondary N) is 1. The van der Waals surface area contributed by atoms with Gasteiger partial charge < -0.3 is 5.32 Å². The first-order valence-corrected chi connectivity index (χ1v) is 11.3. The molecular formula is C22H24Cl2N2O3. The summed E-state index contributed by atoms with van der Waals surface area (Å²) in [5.74, 6) is 0.628. The molecule has 5 rings (SSSR count). The molecule has 1 aromatic rings. The molecule has 3 aliphatic carbocycles. The van der Waals surface area contributed by atoms with Gasteiger partial charge in [-0.1, -0.05) is 23.2 Å². The average Bonchev–Trinajstić information content (AvgIpc) is 3.38. The van der Waals surface area contributed by atoms with Crippen LogP contribution in [0.15, 0.2) is 18.2 Å². The predicted octanol–water partition coefficient (Wildman–Crippen LogP) is 4.52. The lowest BCUT2D eigenvalue weighted by atomic mass is 9.81. The van der Waals surface area contributed by atoms with Crippen molar-refractivity contribution in [3.8, 4) is 0 Å². The molecule has 0 radical (unpaired) electrons. The van der Waals surface area contributed by atoms with Crippen LogP contribution in [0.1, 0.15) is 44.9 Å². The molecular weight excluding hydrogens is 411 g/mol. The molecule has 2 bridgehead atoms. The number of benzene rings is 1. The van der Waals surface area contributed by atoms with Gasteiger partial charge >= 0.3 is 0 Å². The van der Waals surface area contributed by atoms with Gasteiger partial charge in [0.15, 0.2) is 0 Å². The third-order valence-electron chi connectivity index (χ3n) is 7.58. The number of halogens is 2. The maximum Gasteiger partial charge on any atom is 0.233 e. The molecule has 0 spiro atoms. The Labute approximate surface area is 180 Å². The normalized spacial score (nSPS) is 35.9. The fourth-order valence-electron chi connectivity index (χ4n) is 6.21. The lowest BCUT2D eigenvalue weighted by Crippen LogP contribution is -2.44. The van der Waals surface area contributed by atoms with E-state index in [9.17, 15) is 14.4 Å². The Morgan fingerprint density at radius 2 is 1.55 bits per heavy atom. The molecule has 4 atom stereocenters. The monoisotopic (exact) mass is 434 g/mol. The van der Waals surface area contributed by atoms with E-state index in [1.807, 2.05) is 0 Å². The van der Waals surface area contributed by atoms with E-state index < -0.39 is 0 Å². The summed E-state index contributed by atoms with van der Waals surface area (Å²) in [4.78, 5) is 40.3. The Hall–Kier alpha value is -1.59.